The fourth-order valence-corrected chi connectivity index (χ4v) is 1.83. The van der Waals surface area contributed by atoms with E-state index in [9.17, 15) is 18.5 Å². The van der Waals surface area contributed by atoms with Gasteiger partial charge in [0.25, 0.3) is 5.69 Å². The smallest absolute Gasteiger partial charge is 0.292 e. The van der Waals surface area contributed by atoms with E-state index in [1.165, 1.54) is 18.2 Å². The third-order valence-electron chi connectivity index (χ3n) is 1.94. The van der Waals surface area contributed by atoms with E-state index in [1.54, 1.807) is 0 Å². The zero-order chi connectivity index (χ0) is 13.1. The molecule has 0 saturated heterocycles. The van der Waals surface area contributed by atoms with Crippen molar-refractivity contribution in [2.75, 3.05) is 23.9 Å². The van der Waals surface area contributed by atoms with Gasteiger partial charge in [0, 0.05) is 23.9 Å². The second-order valence-corrected chi connectivity index (χ2v) is 6.17. The molecule has 0 atom stereocenters. The first-order valence-corrected chi connectivity index (χ1v) is 7.09. The molecule has 1 N–H and O–H groups in total. The topological polar surface area (TPSA) is 89.3 Å². The van der Waals surface area contributed by atoms with Crippen molar-refractivity contribution in [1.82, 2.24) is 0 Å². The summed E-state index contributed by atoms with van der Waals surface area (Å²) in [5.74, 6) is -0.101. The van der Waals surface area contributed by atoms with Crippen LogP contribution >= 0.6 is 11.6 Å². The van der Waals surface area contributed by atoms with E-state index in [1.807, 2.05) is 0 Å². The lowest BCUT2D eigenvalue weighted by Crippen LogP contribution is -2.14. The summed E-state index contributed by atoms with van der Waals surface area (Å²) >= 11 is 5.71. The Morgan fingerprint density at radius 3 is 2.65 bits per heavy atom. The molecule has 1 rings (SSSR count). The maximum atomic E-state index is 10.9. The molecular formula is C9H11ClN2O4S. The third kappa shape index (κ3) is 4.58. The minimum atomic E-state index is -3.10. The summed E-state index contributed by atoms with van der Waals surface area (Å²) in [4.78, 5) is 10.1. The van der Waals surface area contributed by atoms with E-state index < -0.39 is 14.8 Å². The highest BCUT2D eigenvalue weighted by Crippen LogP contribution is 2.27. The van der Waals surface area contributed by atoms with Crippen molar-refractivity contribution in [3.63, 3.8) is 0 Å². The first kappa shape index (κ1) is 13.7. The quantitative estimate of drug-likeness (QED) is 0.654. The van der Waals surface area contributed by atoms with E-state index in [0.29, 0.717) is 5.02 Å². The van der Waals surface area contributed by atoms with Gasteiger partial charge in [-0.25, -0.2) is 8.42 Å². The van der Waals surface area contributed by atoms with Crippen LogP contribution in [0.4, 0.5) is 11.4 Å². The average Bonchev–Trinajstić information content (AvgIpc) is 2.15. The van der Waals surface area contributed by atoms with Gasteiger partial charge in [-0.3, -0.25) is 10.1 Å². The normalized spacial score (nSPS) is 11.2. The number of nitrogens with one attached hydrogen (secondary N) is 1. The predicted octanol–water partition coefficient (Wildman–Crippen LogP) is 1.70. The molecular weight excluding hydrogens is 268 g/mol. The zero-order valence-corrected chi connectivity index (χ0v) is 10.6. The summed E-state index contributed by atoms with van der Waals surface area (Å²) in [6.45, 7) is 0.0972. The number of sulfone groups is 1. The Kier molecular flexibility index (Phi) is 4.30. The van der Waals surface area contributed by atoms with Gasteiger partial charge in [0.15, 0.2) is 0 Å². The van der Waals surface area contributed by atoms with Crippen LogP contribution in [0.5, 0.6) is 0 Å². The summed E-state index contributed by atoms with van der Waals surface area (Å²) in [7, 11) is -3.10. The molecule has 0 aromatic heterocycles. The van der Waals surface area contributed by atoms with Gasteiger partial charge in [0.1, 0.15) is 15.5 Å². The largest absolute Gasteiger partial charge is 0.378 e. The molecule has 6 nitrogen and oxygen atoms in total. The number of rotatable bonds is 5. The van der Waals surface area contributed by atoms with Gasteiger partial charge in [-0.15, -0.1) is 0 Å². The molecule has 0 saturated carbocycles. The average molecular weight is 279 g/mol. The van der Waals surface area contributed by atoms with Crippen molar-refractivity contribution in [3.8, 4) is 0 Å². The van der Waals surface area contributed by atoms with Gasteiger partial charge < -0.3 is 5.32 Å². The molecule has 17 heavy (non-hydrogen) atoms. The van der Waals surface area contributed by atoms with E-state index >= 15 is 0 Å². The number of hydrogen-bond acceptors (Lipinski definition) is 5. The molecule has 0 bridgehead atoms. The van der Waals surface area contributed by atoms with Crippen LogP contribution in [-0.4, -0.2) is 31.9 Å². The molecule has 0 unspecified atom stereocenters. The van der Waals surface area contributed by atoms with E-state index in [-0.39, 0.29) is 23.7 Å². The van der Waals surface area contributed by atoms with Crippen LogP contribution in [0.25, 0.3) is 0 Å². The SMILES string of the molecule is CS(=O)(=O)CCNc1cc(Cl)ccc1[N+](=O)[O-]. The maximum Gasteiger partial charge on any atom is 0.292 e. The summed E-state index contributed by atoms with van der Waals surface area (Å²) in [6, 6.07) is 4.06. The van der Waals surface area contributed by atoms with Crippen molar-refractivity contribution in [1.29, 1.82) is 0 Å². The van der Waals surface area contributed by atoms with Crippen LogP contribution in [0.1, 0.15) is 0 Å². The Hall–Kier alpha value is -1.34. The van der Waals surface area contributed by atoms with Crippen molar-refractivity contribution in [3.05, 3.63) is 33.3 Å². The molecule has 0 spiro atoms. The van der Waals surface area contributed by atoms with Gasteiger partial charge in [-0.05, 0) is 12.1 Å². The fourth-order valence-electron chi connectivity index (χ4n) is 1.18. The minimum Gasteiger partial charge on any atom is -0.378 e. The zero-order valence-electron chi connectivity index (χ0n) is 9.01. The van der Waals surface area contributed by atoms with E-state index in [0.717, 1.165) is 6.26 Å². The van der Waals surface area contributed by atoms with Crippen molar-refractivity contribution in [2.24, 2.45) is 0 Å². The summed E-state index contributed by atoms with van der Waals surface area (Å²) < 4.78 is 21.8. The van der Waals surface area contributed by atoms with Crippen LogP contribution in [-0.2, 0) is 9.84 Å². The summed E-state index contributed by atoms with van der Waals surface area (Å²) in [6.07, 6.45) is 1.10. The molecule has 0 fully saturated rings. The lowest BCUT2D eigenvalue weighted by atomic mass is 10.2. The molecule has 0 amide bonds. The molecule has 1 aromatic rings. The number of nitro benzene ring substituents is 1. The number of halogens is 1. The number of hydrogen-bond donors (Lipinski definition) is 1. The van der Waals surface area contributed by atoms with Crippen LogP contribution in [0, 0.1) is 10.1 Å². The van der Waals surface area contributed by atoms with Gasteiger partial charge in [0.2, 0.25) is 0 Å². The third-order valence-corrected chi connectivity index (χ3v) is 3.12. The van der Waals surface area contributed by atoms with Gasteiger partial charge in [-0.2, -0.15) is 0 Å². The standard InChI is InChI=1S/C9H11ClN2O4S/c1-17(15,16)5-4-11-8-6-7(10)2-3-9(8)12(13)14/h2-3,6,11H,4-5H2,1H3. The molecule has 0 aliphatic heterocycles. The van der Waals surface area contributed by atoms with Crippen molar-refractivity contribution >= 4 is 32.8 Å². The molecule has 0 aliphatic carbocycles. The van der Waals surface area contributed by atoms with Gasteiger partial charge >= 0.3 is 0 Å². The lowest BCUT2D eigenvalue weighted by molar-refractivity contribution is -0.384. The highest BCUT2D eigenvalue weighted by molar-refractivity contribution is 7.90. The molecule has 94 valence electrons. The summed E-state index contributed by atoms with van der Waals surface area (Å²) in [5.41, 5.74) is 0.0778. The predicted molar refractivity (Wildman–Crippen MR) is 66.3 cm³/mol. The lowest BCUT2D eigenvalue weighted by Gasteiger charge is -2.06. The van der Waals surface area contributed by atoms with Crippen molar-refractivity contribution in [2.45, 2.75) is 0 Å². The molecule has 0 heterocycles. The fraction of sp³-hybridized carbons (Fsp3) is 0.333. The number of nitro groups is 1. The Balaban J connectivity index is 2.82. The Morgan fingerprint density at radius 2 is 2.12 bits per heavy atom. The monoisotopic (exact) mass is 278 g/mol. The minimum absolute atomic E-state index is 0.0972. The Bertz CT molecular complexity index is 530. The molecule has 1 aromatic carbocycles. The van der Waals surface area contributed by atoms with E-state index in [4.69, 9.17) is 11.6 Å². The molecule has 0 aliphatic rings. The number of anilines is 1. The molecule has 8 heteroatoms. The van der Waals surface area contributed by atoms with Crippen LogP contribution < -0.4 is 5.32 Å². The first-order chi connectivity index (χ1) is 7.79. The van der Waals surface area contributed by atoms with Crippen molar-refractivity contribution < 1.29 is 13.3 Å². The van der Waals surface area contributed by atoms with Gasteiger partial charge in [0.05, 0.1) is 10.7 Å². The summed E-state index contributed by atoms with van der Waals surface area (Å²) in [5, 5.41) is 13.7. The maximum absolute atomic E-state index is 10.9. The second-order valence-electron chi connectivity index (χ2n) is 3.48. The highest BCUT2D eigenvalue weighted by atomic mass is 35.5. The number of benzene rings is 1. The van der Waals surface area contributed by atoms with Crippen LogP contribution in [0.15, 0.2) is 18.2 Å². The van der Waals surface area contributed by atoms with Crippen LogP contribution in [0.3, 0.4) is 0 Å². The Labute approximate surface area is 104 Å². The first-order valence-electron chi connectivity index (χ1n) is 4.65. The number of nitrogens with zero attached hydrogens (tertiary/aromatic N) is 1. The van der Waals surface area contributed by atoms with E-state index in [2.05, 4.69) is 5.32 Å². The van der Waals surface area contributed by atoms with Gasteiger partial charge in [-0.1, -0.05) is 11.6 Å². The molecule has 0 radical (unpaired) electrons. The van der Waals surface area contributed by atoms with Crippen LogP contribution in [0.2, 0.25) is 5.02 Å². The second kappa shape index (κ2) is 5.33. The Morgan fingerprint density at radius 1 is 1.47 bits per heavy atom. The highest BCUT2D eigenvalue weighted by Gasteiger charge is 2.13.